The monoisotopic (exact) mass is 371 g/mol. The van der Waals surface area contributed by atoms with Gasteiger partial charge in [-0.25, -0.2) is 0 Å². The molecule has 0 fully saturated rings. The van der Waals surface area contributed by atoms with Crippen LogP contribution < -0.4 is 24.8 Å². The van der Waals surface area contributed by atoms with E-state index in [2.05, 4.69) is 28.6 Å². The van der Waals surface area contributed by atoms with Gasteiger partial charge in [0.1, 0.15) is 5.75 Å². The fourth-order valence-electron chi connectivity index (χ4n) is 2.55. The Kier molecular flexibility index (Phi) is 8.29. The van der Waals surface area contributed by atoms with Crippen molar-refractivity contribution < 1.29 is 14.2 Å². The molecular formula is C21H29N3O3. The molecule has 6 nitrogen and oxygen atoms in total. The maximum atomic E-state index is 5.68. The third-order valence-corrected chi connectivity index (χ3v) is 3.96. The van der Waals surface area contributed by atoms with Crippen molar-refractivity contribution in [2.24, 2.45) is 4.99 Å². The van der Waals surface area contributed by atoms with Gasteiger partial charge in [0.05, 0.1) is 20.8 Å². The smallest absolute Gasteiger partial charge is 0.191 e. The molecule has 0 aliphatic rings. The fourth-order valence-corrected chi connectivity index (χ4v) is 2.55. The minimum absolute atomic E-state index is 0.625. The largest absolute Gasteiger partial charge is 0.494 e. The second-order valence-electron chi connectivity index (χ2n) is 5.96. The number of benzene rings is 2. The van der Waals surface area contributed by atoms with Gasteiger partial charge in [0, 0.05) is 20.1 Å². The number of rotatable bonds is 9. The lowest BCUT2D eigenvalue weighted by atomic mass is 10.2. The Morgan fingerprint density at radius 2 is 1.63 bits per heavy atom. The van der Waals surface area contributed by atoms with Crippen LogP contribution in [0.25, 0.3) is 0 Å². The standard InChI is InChI=1S/C21H29N3O3/c1-5-11-27-18-8-6-7-16(12-18)14-23-21(22-2)24-15-17-9-10-19(25-3)20(13-17)26-4/h6-10,12-13H,5,11,14-15H2,1-4H3,(H2,22,23,24). The number of hydrogen-bond acceptors (Lipinski definition) is 4. The summed E-state index contributed by atoms with van der Waals surface area (Å²) < 4.78 is 16.3. The van der Waals surface area contributed by atoms with E-state index >= 15 is 0 Å². The Balaban J connectivity index is 1.89. The van der Waals surface area contributed by atoms with Gasteiger partial charge < -0.3 is 24.8 Å². The quantitative estimate of drug-likeness (QED) is 0.523. The van der Waals surface area contributed by atoms with Crippen LogP contribution in [0.2, 0.25) is 0 Å². The van der Waals surface area contributed by atoms with Crippen molar-refractivity contribution >= 4 is 5.96 Å². The number of nitrogens with zero attached hydrogens (tertiary/aromatic N) is 1. The van der Waals surface area contributed by atoms with Crippen LogP contribution in [0.1, 0.15) is 24.5 Å². The molecule has 0 aromatic heterocycles. The number of aliphatic imine (C=N–C) groups is 1. The molecule has 0 saturated heterocycles. The molecule has 0 atom stereocenters. The maximum Gasteiger partial charge on any atom is 0.191 e. The van der Waals surface area contributed by atoms with Crippen molar-refractivity contribution in [1.82, 2.24) is 10.6 Å². The minimum atomic E-state index is 0.625. The van der Waals surface area contributed by atoms with Gasteiger partial charge in [0.2, 0.25) is 0 Å². The molecule has 2 aromatic rings. The first-order chi connectivity index (χ1) is 13.2. The van der Waals surface area contributed by atoms with Crippen LogP contribution >= 0.6 is 0 Å². The van der Waals surface area contributed by atoms with E-state index in [1.807, 2.05) is 36.4 Å². The van der Waals surface area contributed by atoms with Gasteiger partial charge in [-0.3, -0.25) is 4.99 Å². The van der Waals surface area contributed by atoms with E-state index in [9.17, 15) is 0 Å². The fraction of sp³-hybridized carbons (Fsp3) is 0.381. The number of nitrogens with one attached hydrogen (secondary N) is 2. The summed E-state index contributed by atoms with van der Waals surface area (Å²) in [4.78, 5) is 4.27. The normalized spacial score (nSPS) is 11.0. The zero-order valence-electron chi connectivity index (χ0n) is 16.5. The van der Waals surface area contributed by atoms with E-state index < -0.39 is 0 Å². The molecular weight excluding hydrogens is 342 g/mol. The van der Waals surface area contributed by atoms with Gasteiger partial charge in [0.15, 0.2) is 17.5 Å². The Labute approximate surface area is 161 Å². The Bertz CT molecular complexity index is 747. The highest BCUT2D eigenvalue weighted by Gasteiger charge is 2.05. The molecule has 0 bridgehead atoms. The summed E-state index contributed by atoms with van der Waals surface area (Å²) in [5, 5.41) is 6.62. The molecule has 0 heterocycles. The zero-order valence-corrected chi connectivity index (χ0v) is 16.5. The van der Waals surface area contributed by atoms with Crippen molar-refractivity contribution in [3.8, 4) is 17.2 Å². The van der Waals surface area contributed by atoms with Crippen molar-refractivity contribution in [3.63, 3.8) is 0 Å². The molecule has 27 heavy (non-hydrogen) atoms. The summed E-state index contributed by atoms with van der Waals surface area (Å²) in [7, 11) is 5.02. The van der Waals surface area contributed by atoms with E-state index in [1.54, 1.807) is 21.3 Å². The molecule has 146 valence electrons. The van der Waals surface area contributed by atoms with Crippen LogP contribution in [0.4, 0.5) is 0 Å². The van der Waals surface area contributed by atoms with Crippen molar-refractivity contribution in [2.75, 3.05) is 27.9 Å². The highest BCUT2D eigenvalue weighted by atomic mass is 16.5. The molecule has 0 saturated carbocycles. The molecule has 0 radical (unpaired) electrons. The lowest BCUT2D eigenvalue weighted by molar-refractivity contribution is 0.317. The van der Waals surface area contributed by atoms with Crippen LogP contribution in [0, 0.1) is 0 Å². The predicted molar refractivity (Wildman–Crippen MR) is 109 cm³/mol. The SMILES string of the molecule is CCCOc1cccc(CNC(=NC)NCc2ccc(OC)c(OC)c2)c1. The van der Waals surface area contributed by atoms with Gasteiger partial charge in [-0.1, -0.05) is 25.1 Å². The Hall–Kier alpha value is -2.89. The summed E-state index contributed by atoms with van der Waals surface area (Å²) in [6.07, 6.45) is 0.995. The van der Waals surface area contributed by atoms with Crippen LogP contribution in [0.5, 0.6) is 17.2 Å². The molecule has 0 spiro atoms. The molecule has 2 aromatic carbocycles. The maximum absolute atomic E-state index is 5.68. The second kappa shape index (κ2) is 11.0. The summed E-state index contributed by atoms with van der Waals surface area (Å²) in [5.74, 6) is 3.05. The highest BCUT2D eigenvalue weighted by Crippen LogP contribution is 2.27. The summed E-state index contributed by atoms with van der Waals surface area (Å²) in [5.41, 5.74) is 2.21. The molecule has 0 aliphatic carbocycles. The van der Waals surface area contributed by atoms with Gasteiger partial charge in [-0.05, 0) is 41.8 Å². The van der Waals surface area contributed by atoms with Crippen molar-refractivity contribution in [2.45, 2.75) is 26.4 Å². The third-order valence-electron chi connectivity index (χ3n) is 3.96. The van der Waals surface area contributed by atoms with Gasteiger partial charge in [0.25, 0.3) is 0 Å². The minimum Gasteiger partial charge on any atom is -0.494 e. The lowest BCUT2D eigenvalue weighted by Gasteiger charge is -2.14. The number of hydrogen-bond donors (Lipinski definition) is 2. The van der Waals surface area contributed by atoms with Crippen LogP contribution in [0.15, 0.2) is 47.5 Å². The van der Waals surface area contributed by atoms with E-state index in [0.29, 0.717) is 24.6 Å². The van der Waals surface area contributed by atoms with Gasteiger partial charge >= 0.3 is 0 Å². The average molecular weight is 371 g/mol. The average Bonchev–Trinajstić information content (AvgIpc) is 2.72. The number of methoxy groups -OCH3 is 2. The highest BCUT2D eigenvalue weighted by molar-refractivity contribution is 5.79. The van der Waals surface area contributed by atoms with Gasteiger partial charge in [-0.2, -0.15) is 0 Å². The molecule has 2 N–H and O–H groups in total. The van der Waals surface area contributed by atoms with Crippen LogP contribution in [0.3, 0.4) is 0 Å². The third kappa shape index (κ3) is 6.40. The molecule has 2 rings (SSSR count). The van der Waals surface area contributed by atoms with E-state index in [0.717, 1.165) is 35.9 Å². The van der Waals surface area contributed by atoms with E-state index in [-0.39, 0.29) is 0 Å². The topological polar surface area (TPSA) is 64.1 Å². The lowest BCUT2D eigenvalue weighted by Crippen LogP contribution is -2.36. The molecule has 0 unspecified atom stereocenters. The Morgan fingerprint density at radius 3 is 2.26 bits per heavy atom. The number of ether oxygens (including phenoxy) is 3. The summed E-state index contributed by atoms with van der Waals surface area (Å²) in [6, 6.07) is 13.9. The van der Waals surface area contributed by atoms with E-state index in [4.69, 9.17) is 14.2 Å². The molecule has 6 heteroatoms. The predicted octanol–water partition coefficient (Wildman–Crippen LogP) is 3.36. The van der Waals surface area contributed by atoms with Crippen LogP contribution in [-0.4, -0.2) is 33.8 Å². The first kappa shape index (κ1) is 20.4. The van der Waals surface area contributed by atoms with Crippen LogP contribution in [-0.2, 0) is 13.1 Å². The second-order valence-corrected chi connectivity index (χ2v) is 5.96. The summed E-state index contributed by atoms with van der Waals surface area (Å²) >= 11 is 0. The van der Waals surface area contributed by atoms with Crippen molar-refractivity contribution in [3.05, 3.63) is 53.6 Å². The first-order valence-electron chi connectivity index (χ1n) is 9.07. The molecule has 0 amide bonds. The number of guanidine groups is 1. The zero-order chi connectivity index (χ0) is 19.5. The van der Waals surface area contributed by atoms with Gasteiger partial charge in [-0.15, -0.1) is 0 Å². The van der Waals surface area contributed by atoms with Crippen molar-refractivity contribution in [1.29, 1.82) is 0 Å². The summed E-state index contributed by atoms with van der Waals surface area (Å²) in [6.45, 7) is 4.11. The van der Waals surface area contributed by atoms with E-state index in [1.165, 1.54) is 0 Å². The Morgan fingerprint density at radius 1 is 0.926 bits per heavy atom. The molecule has 0 aliphatic heterocycles. The first-order valence-corrected chi connectivity index (χ1v) is 9.07.